The topological polar surface area (TPSA) is 70.6 Å². The van der Waals surface area contributed by atoms with E-state index in [-0.39, 0.29) is 25.1 Å². The number of amides is 1. The number of hydrogen-bond acceptors (Lipinski definition) is 4. The smallest absolute Gasteiger partial charge is 0.238 e. The van der Waals surface area contributed by atoms with Crippen LogP contribution in [0.25, 0.3) is 0 Å². The first kappa shape index (κ1) is 18.2. The van der Waals surface area contributed by atoms with Crippen molar-refractivity contribution in [2.24, 2.45) is 5.92 Å². The van der Waals surface area contributed by atoms with Gasteiger partial charge in [-0.1, -0.05) is 17.7 Å². The molecule has 0 saturated carbocycles. The molecule has 2 rings (SSSR count). The highest BCUT2D eigenvalue weighted by Crippen LogP contribution is 2.23. The molecule has 1 aliphatic heterocycles. The molecule has 0 spiro atoms. The van der Waals surface area contributed by atoms with E-state index in [2.05, 4.69) is 10.6 Å². The van der Waals surface area contributed by atoms with E-state index in [4.69, 9.17) is 16.3 Å². The molecule has 1 heterocycles. The van der Waals surface area contributed by atoms with Crippen molar-refractivity contribution in [1.29, 1.82) is 0 Å². The zero-order valence-corrected chi connectivity index (χ0v) is 14.2. The Labute approximate surface area is 142 Å². The summed E-state index contributed by atoms with van der Waals surface area (Å²) in [6.45, 7) is 3.76. The zero-order valence-electron chi connectivity index (χ0n) is 13.5. The van der Waals surface area contributed by atoms with Crippen molar-refractivity contribution < 1.29 is 14.6 Å². The van der Waals surface area contributed by atoms with E-state index in [0.29, 0.717) is 23.0 Å². The van der Waals surface area contributed by atoms with Crippen molar-refractivity contribution >= 4 is 23.2 Å². The SMILES string of the molecule is Cc1ccc(NC(=O)CNC(CCO)C2CCOCC2)c(Cl)c1. The summed E-state index contributed by atoms with van der Waals surface area (Å²) in [4.78, 5) is 12.1. The lowest BCUT2D eigenvalue weighted by atomic mass is 9.90. The van der Waals surface area contributed by atoms with Crippen molar-refractivity contribution in [1.82, 2.24) is 5.32 Å². The van der Waals surface area contributed by atoms with Crippen LogP contribution in [-0.4, -0.2) is 43.4 Å². The van der Waals surface area contributed by atoms with E-state index < -0.39 is 0 Å². The molecule has 1 aromatic rings. The Kier molecular flexibility index (Phi) is 7.30. The standard InChI is InChI=1S/C17H25ClN2O3/c1-12-2-3-16(14(18)10-12)20-17(22)11-19-15(4-7-21)13-5-8-23-9-6-13/h2-3,10,13,15,19,21H,4-9,11H2,1H3,(H,20,22). The summed E-state index contributed by atoms with van der Waals surface area (Å²) >= 11 is 6.13. The second kappa shape index (κ2) is 9.23. The summed E-state index contributed by atoms with van der Waals surface area (Å²) in [6.07, 6.45) is 2.56. The average molecular weight is 341 g/mol. The number of carbonyl (C=O) groups is 1. The van der Waals surface area contributed by atoms with Crippen LogP contribution in [0.5, 0.6) is 0 Å². The maximum atomic E-state index is 12.1. The monoisotopic (exact) mass is 340 g/mol. The molecule has 0 aromatic heterocycles. The van der Waals surface area contributed by atoms with Gasteiger partial charge in [-0.15, -0.1) is 0 Å². The van der Waals surface area contributed by atoms with Crippen LogP contribution < -0.4 is 10.6 Å². The predicted octanol–water partition coefficient (Wildman–Crippen LogP) is 2.35. The molecule has 1 saturated heterocycles. The molecule has 5 nitrogen and oxygen atoms in total. The number of anilines is 1. The first-order chi connectivity index (χ1) is 11.1. The molecule has 1 unspecified atom stereocenters. The first-order valence-electron chi connectivity index (χ1n) is 8.08. The number of ether oxygens (including phenoxy) is 1. The van der Waals surface area contributed by atoms with E-state index in [0.717, 1.165) is 31.6 Å². The van der Waals surface area contributed by atoms with Gasteiger partial charge in [0.1, 0.15) is 0 Å². The summed E-state index contributed by atoms with van der Waals surface area (Å²) in [5.74, 6) is 0.303. The van der Waals surface area contributed by atoms with Crippen LogP contribution in [0.1, 0.15) is 24.8 Å². The molecule has 3 N–H and O–H groups in total. The summed E-state index contributed by atoms with van der Waals surface area (Å²) < 4.78 is 5.37. The second-order valence-electron chi connectivity index (χ2n) is 5.98. The Balaban J connectivity index is 1.85. The first-order valence-corrected chi connectivity index (χ1v) is 8.46. The Morgan fingerprint density at radius 1 is 1.43 bits per heavy atom. The van der Waals surface area contributed by atoms with Crippen LogP contribution in [0.3, 0.4) is 0 Å². The van der Waals surface area contributed by atoms with Gasteiger partial charge in [-0.2, -0.15) is 0 Å². The van der Waals surface area contributed by atoms with Crippen LogP contribution in [0.15, 0.2) is 18.2 Å². The highest BCUT2D eigenvalue weighted by atomic mass is 35.5. The maximum absolute atomic E-state index is 12.1. The minimum Gasteiger partial charge on any atom is -0.396 e. The molecular weight excluding hydrogens is 316 g/mol. The lowest BCUT2D eigenvalue weighted by Crippen LogP contribution is -2.43. The summed E-state index contributed by atoms with van der Waals surface area (Å²) in [5, 5.41) is 15.9. The lowest BCUT2D eigenvalue weighted by Gasteiger charge is -2.30. The molecule has 0 radical (unpaired) electrons. The van der Waals surface area contributed by atoms with E-state index >= 15 is 0 Å². The van der Waals surface area contributed by atoms with Crippen LogP contribution in [-0.2, 0) is 9.53 Å². The van der Waals surface area contributed by atoms with E-state index in [9.17, 15) is 9.90 Å². The van der Waals surface area contributed by atoms with Crippen LogP contribution in [0.2, 0.25) is 5.02 Å². The quantitative estimate of drug-likeness (QED) is 0.712. The van der Waals surface area contributed by atoms with Gasteiger partial charge in [0.05, 0.1) is 17.3 Å². The molecule has 23 heavy (non-hydrogen) atoms. The Morgan fingerprint density at radius 2 is 2.17 bits per heavy atom. The fraction of sp³-hybridized carbons (Fsp3) is 0.588. The van der Waals surface area contributed by atoms with Gasteiger partial charge in [-0.3, -0.25) is 4.79 Å². The average Bonchev–Trinajstić information content (AvgIpc) is 2.55. The molecule has 1 aromatic carbocycles. The van der Waals surface area contributed by atoms with Crippen LogP contribution >= 0.6 is 11.6 Å². The third-order valence-corrected chi connectivity index (χ3v) is 4.51. The van der Waals surface area contributed by atoms with Gasteiger partial charge in [0.2, 0.25) is 5.91 Å². The third kappa shape index (κ3) is 5.77. The van der Waals surface area contributed by atoms with Gasteiger partial charge in [0.15, 0.2) is 0 Å². The number of aliphatic hydroxyl groups excluding tert-OH is 1. The Bertz CT molecular complexity index is 519. The molecule has 1 aliphatic rings. The number of carbonyl (C=O) groups excluding carboxylic acids is 1. The maximum Gasteiger partial charge on any atom is 0.238 e. The fourth-order valence-corrected chi connectivity index (χ4v) is 3.18. The number of benzene rings is 1. The van der Waals surface area contributed by atoms with Gasteiger partial charge in [-0.05, 0) is 49.8 Å². The van der Waals surface area contributed by atoms with Crippen molar-refractivity contribution in [2.45, 2.75) is 32.2 Å². The largest absolute Gasteiger partial charge is 0.396 e. The zero-order chi connectivity index (χ0) is 16.7. The van der Waals surface area contributed by atoms with Gasteiger partial charge >= 0.3 is 0 Å². The van der Waals surface area contributed by atoms with Gasteiger partial charge in [0.25, 0.3) is 0 Å². The minimum absolute atomic E-state index is 0.112. The Hall–Kier alpha value is -1.14. The van der Waals surface area contributed by atoms with Crippen LogP contribution in [0, 0.1) is 12.8 Å². The molecular formula is C17H25ClN2O3. The second-order valence-corrected chi connectivity index (χ2v) is 6.39. The van der Waals surface area contributed by atoms with Crippen molar-refractivity contribution in [3.05, 3.63) is 28.8 Å². The van der Waals surface area contributed by atoms with Gasteiger partial charge in [0, 0.05) is 25.9 Å². The molecule has 1 amide bonds. The van der Waals surface area contributed by atoms with E-state index in [1.165, 1.54) is 0 Å². The minimum atomic E-state index is -0.134. The molecule has 6 heteroatoms. The van der Waals surface area contributed by atoms with E-state index in [1.54, 1.807) is 6.07 Å². The predicted molar refractivity (Wildman–Crippen MR) is 91.9 cm³/mol. The third-order valence-electron chi connectivity index (χ3n) is 4.20. The molecule has 1 fully saturated rings. The lowest BCUT2D eigenvalue weighted by molar-refractivity contribution is -0.115. The number of hydrogen-bond donors (Lipinski definition) is 3. The molecule has 0 bridgehead atoms. The van der Waals surface area contributed by atoms with Gasteiger partial charge < -0.3 is 20.5 Å². The van der Waals surface area contributed by atoms with Crippen molar-refractivity contribution in [3.63, 3.8) is 0 Å². The number of rotatable bonds is 7. The molecule has 1 atom stereocenters. The normalized spacial score (nSPS) is 17.0. The van der Waals surface area contributed by atoms with E-state index in [1.807, 2.05) is 19.1 Å². The number of aliphatic hydroxyl groups is 1. The molecule has 0 aliphatic carbocycles. The highest BCUT2D eigenvalue weighted by molar-refractivity contribution is 6.33. The highest BCUT2D eigenvalue weighted by Gasteiger charge is 2.23. The number of nitrogens with one attached hydrogen (secondary N) is 2. The molecule has 128 valence electrons. The summed E-state index contributed by atoms with van der Waals surface area (Å²) in [6, 6.07) is 5.66. The fourth-order valence-electron chi connectivity index (χ4n) is 2.90. The summed E-state index contributed by atoms with van der Waals surface area (Å²) in [7, 11) is 0. The number of halogens is 1. The summed E-state index contributed by atoms with van der Waals surface area (Å²) in [5.41, 5.74) is 1.67. The van der Waals surface area contributed by atoms with Gasteiger partial charge in [-0.25, -0.2) is 0 Å². The van der Waals surface area contributed by atoms with Crippen molar-refractivity contribution in [3.8, 4) is 0 Å². The Morgan fingerprint density at radius 3 is 2.83 bits per heavy atom. The number of aryl methyl sites for hydroxylation is 1. The van der Waals surface area contributed by atoms with Crippen molar-refractivity contribution in [2.75, 3.05) is 31.7 Å². The van der Waals surface area contributed by atoms with Crippen LogP contribution in [0.4, 0.5) is 5.69 Å².